The number of hydrogen-bond acceptors (Lipinski definition) is 2. The Kier molecular flexibility index (Phi) is 3.73. The van der Waals surface area contributed by atoms with Crippen LogP contribution in [0.5, 0.6) is 0 Å². The molecule has 1 atom stereocenters. The van der Waals surface area contributed by atoms with Gasteiger partial charge in [0.05, 0.1) is 22.1 Å². The van der Waals surface area contributed by atoms with Crippen LogP contribution in [-0.4, -0.2) is 16.8 Å². The van der Waals surface area contributed by atoms with Gasteiger partial charge in [0, 0.05) is 6.04 Å². The molecule has 3 nitrogen and oxygen atoms in total. The molecule has 1 aromatic carbocycles. The van der Waals surface area contributed by atoms with E-state index < -0.39 is 0 Å². The molecule has 0 amide bonds. The highest BCUT2D eigenvalue weighted by Crippen LogP contribution is 2.23. The van der Waals surface area contributed by atoms with Gasteiger partial charge in [-0.15, -0.1) is 0 Å². The Balaban J connectivity index is 2.37. The zero-order valence-electron chi connectivity index (χ0n) is 11.2. The number of hydrogen-bond donors (Lipinski definition) is 1. The third kappa shape index (κ3) is 2.28. The van der Waals surface area contributed by atoms with E-state index in [1.807, 2.05) is 25.6 Å². The second-order valence-corrected chi connectivity index (χ2v) is 4.88. The van der Waals surface area contributed by atoms with Gasteiger partial charge >= 0.3 is 0 Å². The molecule has 0 radical (unpaired) electrons. The average Bonchev–Trinajstić information content (AvgIpc) is 2.66. The van der Waals surface area contributed by atoms with Crippen molar-refractivity contribution in [3.05, 3.63) is 46.2 Å². The molecule has 0 spiro atoms. The second kappa shape index (κ2) is 5.12. The van der Waals surface area contributed by atoms with Crippen molar-refractivity contribution in [3.63, 3.8) is 0 Å². The fourth-order valence-corrected chi connectivity index (χ4v) is 2.06. The minimum atomic E-state index is 0.350. The predicted octanol–water partition coefficient (Wildman–Crippen LogP) is 3.42. The molecule has 2 rings (SSSR count). The van der Waals surface area contributed by atoms with Crippen LogP contribution in [0.1, 0.15) is 29.9 Å². The molecule has 0 fully saturated rings. The number of nitrogens with one attached hydrogen (secondary N) is 1. The Bertz CT molecular complexity index is 543. The van der Waals surface area contributed by atoms with E-state index in [1.54, 1.807) is 0 Å². The molecule has 1 N–H and O–H groups in total. The highest BCUT2D eigenvalue weighted by atomic mass is 35.5. The fraction of sp³-hybridized carbons (Fsp3) is 0.357. The molecule has 1 aromatic heterocycles. The lowest BCUT2D eigenvalue weighted by Gasteiger charge is -2.11. The number of benzene rings is 1. The summed E-state index contributed by atoms with van der Waals surface area (Å²) in [5.41, 5.74) is 4.13. The normalized spacial score (nSPS) is 12.7. The molecule has 0 bridgehead atoms. The van der Waals surface area contributed by atoms with E-state index in [0.717, 1.165) is 22.1 Å². The standard InChI is InChI=1S/C14H18ClN3/c1-9(16-4)12-5-7-13(8-6-12)18-11(3)14(15)10(2)17-18/h5-9,16H,1-4H3. The SMILES string of the molecule is CNC(C)c1ccc(-n2nc(C)c(Cl)c2C)cc1. The summed E-state index contributed by atoms with van der Waals surface area (Å²) in [4.78, 5) is 0. The maximum absolute atomic E-state index is 6.16. The molecule has 0 aliphatic heterocycles. The summed E-state index contributed by atoms with van der Waals surface area (Å²) >= 11 is 6.16. The lowest BCUT2D eigenvalue weighted by atomic mass is 10.1. The first-order chi connectivity index (χ1) is 8.54. The molecule has 1 unspecified atom stereocenters. The third-order valence-corrected chi connectivity index (χ3v) is 3.82. The quantitative estimate of drug-likeness (QED) is 0.920. The highest BCUT2D eigenvalue weighted by Gasteiger charge is 2.10. The van der Waals surface area contributed by atoms with Gasteiger partial charge in [0.25, 0.3) is 0 Å². The molecule has 0 saturated carbocycles. The van der Waals surface area contributed by atoms with Crippen LogP contribution >= 0.6 is 11.6 Å². The van der Waals surface area contributed by atoms with Crippen LogP contribution in [-0.2, 0) is 0 Å². The molecule has 0 aliphatic carbocycles. The molecule has 18 heavy (non-hydrogen) atoms. The van der Waals surface area contributed by atoms with Crippen molar-refractivity contribution in [2.24, 2.45) is 0 Å². The zero-order valence-corrected chi connectivity index (χ0v) is 11.9. The summed E-state index contributed by atoms with van der Waals surface area (Å²) < 4.78 is 1.88. The van der Waals surface area contributed by atoms with Crippen LogP contribution in [0.4, 0.5) is 0 Å². The molecular weight excluding hydrogens is 246 g/mol. The Morgan fingerprint density at radius 2 is 1.83 bits per heavy atom. The van der Waals surface area contributed by atoms with Crippen molar-refractivity contribution in [2.45, 2.75) is 26.8 Å². The first-order valence-electron chi connectivity index (χ1n) is 6.04. The molecule has 0 aliphatic rings. The number of halogens is 1. The summed E-state index contributed by atoms with van der Waals surface area (Å²) in [6.07, 6.45) is 0. The second-order valence-electron chi connectivity index (χ2n) is 4.50. The van der Waals surface area contributed by atoms with Gasteiger partial charge in [0.15, 0.2) is 0 Å². The predicted molar refractivity (Wildman–Crippen MR) is 75.5 cm³/mol. The minimum Gasteiger partial charge on any atom is -0.313 e. The van der Waals surface area contributed by atoms with Crippen LogP contribution in [0.2, 0.25) is 5.02 Å². The van der Waals surface area contributed by atoms with Crippen molar-refractivity contribution in [1.29, 1.82) is 0 Å². The van der Waals surface area contributed by atoms with Gasteiger partial charge in [-0.05, 0) is 45.5 Å². The molecule has 1 heterocycles. The molecule has 4 heteroatoms. The summed E-state index contributed by atoms with van der Waals surface area (Å²) in [5.74, 6) is 0. The number of rotatable bonds is 3. The molecule has 2 aromatic rings. The number of nitrogens with zero attached hydrogens (tertiary/aromatic N) is 2. The lowest BCUT2D eigenvalue weighted by Crippen LogP contribution is -2.12. The Morgan fingerprint density at radius 1 is 1.22 bits per heavy atom. The monoisotopic (exact) mass is 263 g/mol. The van der Waals surface area contributed by atoms with E-state index in [-0.39, 0.29) is 0 Å². The van der Waals surface area contributed by atoms with E-state index in [9.17, 15) is 0 Å². The van der Waals surface area contributed by atoms with Gasteiger partial charge in [0.2, 0.25) is 0 Å². The Hall–Kier alpha value is -1.32. The van der Waals surface area contributed by atoms with Gasteiger partial charge in [-0.25, -0.2) is 4.68 Å². The fourth-order valence-electron chi connectivity index (χ4n) is 1.95. The van der Waals surface area contributed by atoms with Gasteiger partial charge in [-0.2, -0.15) is 5.10 Å². The minimum absolute atomic E-state index is 0.350. The topological polar surface area (TPSA) is 29.9 Å². The van der Waals surface area contributed by atoms with Gasteiger partial charge in [-0.1, -0.05) is 23.7 Å². The summed E-state index contributed by atoms with van der Waals surface area (Å²) in [5, 5.41) is 8.40. The molecule has 96 valence electrons. The smallest absolute Gasteiger partial charge is 0.0848 e. The van der Waals surface area contributed by atoms with Crippen LogP contribution in [0.15, 0.2) is 24.3 Å². The maximum Gasteiger partial charge on any atom is 0.0848 e. The summed E-state index contributed by atoms with van der Waals surface area (Å²) in [6.45, 7) is 6.03. The van der Waals surface area contributed by atoms with Crippen LogP contribution in [0.3, 0.4) is 0 Å². The van der Waals surface area contributed by atoms with Crippen molar-refractivity contribution < 1.29 is 0 Å². The average molecular weight is 264 g/mol. The Morgan fingerprint density at radius 3 is 2.28 bits per heavy atom. The van der Waals surface area contributed by atoms with E-state index in [4.69, 9.17) is 11.6 Å². The van der Waals surface area contributed by atoms with E-state index in [0.29, 0.717) is 6.04 Å². The van der Waals surface area contributed by atoms with Crippen LogP contribution in [0, 0.1) is 13.8 Å². The summed E-state index contributed by atoms with van der Waals surface area (Å²) in [7, 11) is 1.96. The van der Waals surface area contributed by atoms with E-state index >= 15 is 0 Å². The van der Waals surface area contributed by atoms with Crippen LogP contribution < -0.4 is 5.32 Å². The zero-order chi connectivity index (χ0) is 13.3. The van der Waals surface area contributed by atoms with E-state index in [1.165, 1.54) is 5.56 Å². The number of aromatic nitrogens is 2. The maximum atomic E-state index is 6.16. The van der Waals surface area contributed by atoms with Crippen molar-refractivity contribution in [3.8, 4) is 5.69 Å². The van der Waals surface area contributed by atoms with Gasteiger partial charge < -0.3 is 5.32 Å². The first kappa shape index (κ1) is 13.1. The third-order valence-electron chi connectivity index (χ3n) is 3.27. The summed E-state index contributed by atoms with van der Waals surface area (Å²) in [6, 6.07) is 8.71. The van der Waals surface area contributed by atoms with Crippen molar-refractivity contribution >= 4 is 11.6 Å². The van der Waals surface area contributed by atoms with Crippen LogP contribution in [0.25, 0.3) is 5.69 Å². The van der Waals surface area contributed by atoms with Crippen molar-refractivity contribution in [1.82, 2.24) is 15.1 Å². The highest BCUT2D eigenvalue weighted by molar-refractivity contribution is 6.31. The van der Waals surface area contributed by atoms with E-state index in [2.05, 4.69) is 41.6 Å². The lowest BCUT2D eigenvalue weighted by molar-refractivity contribution is 0.652. The number of aryl methyl sites for hydroxylation is 1. The van der Waals surface area contributed by atoms with Gasteiger partial charge in [-0.3, -0.25) is 0 Å². The van der Waals surface area contributed by atoms with Crippen molar-refractivity contribution in [2.75, 3.05) is 7.05 Å². The Labute approximate surface area is 113 Å². The largest absolute Gasteiger partial charge is 0.313 e. The van der Waals surface area contributed by atoms with Gasteiger partial charge in [0.1, 0.15) is 0 Å². The molecular formula is C14H18ClN3. The first-order valence-corrected chi connectivity index (χ1v) is 6.41. The molecule has 0 saturated heterocycles.